The highest BCUT2D eigenvalue weighted by Gasteiger charge is 2.46. The van der Waals surface area contributed by atoms with E-state index in [1.165, 1.54) is 6.92 Å². The molecule has 0 aromatic carbocycles. The number of nitrogens with zero attached hydrogens (tertiary/aromatic N) is 1. The van der Waals surface area contributed by atoms with Gasteiger partial charge in [-0.05, 0) is 44.9 Å². The molecule has 4 N–H and O–H groups in total. The lowest BCUT2D eigenvalue weighted by Gasteiger charge is -2.40. The average Bonchev–Trinajstić information content (AvgIpc) is 2.62. The van der Waals surface area contributed by atoms with E-state index in [0.29, 0.717) is 25.0 Å². The molecule has 1 saturated heterocycles. The highest BCUT2D eigenvalue weighted by Crippen LogP contribution is 2.32. The molecule has 0 aliphatic carbocycles. The Morgan fingerprint density at radius 3 is 2.21 bits per heavy atom. The lowest BCUT2D eigenvalue weighted by atomic mass is 9.77. The largest absolute Gasteiger partial charge is 0.459 e. The molecule has 0 spiro atoms. The van der Waals surface area contributed by atoms with Crippen LogP contribution in [0.2, 0.25) is 0 Å². The van der Waals surface area contributed by atoms with E-state index in [2.05, 4.69) is 3.21 Å². The molecule has 7 nitrogen and oxygen atoms in total. The van der Waals surface area contributed by atoms with Gasteiger partial charge in [-0.25, -0.2) is 3.21 Å². The van der Waals surface area contributed by atoms with Crippen LogP contribution in [0.1, 0.15) is 60.8 Å². The molecular weight excluding hydrogens is 477 g/mol. The maximum absolute atomic E-state index is 12.6. The van der Waals surface area contributed by atoms with Gasteiger partial charge in [0.05, 0.1) is 47.1 Å². The van der Waals surface area contributed by atoms with Gasteiger partial charge in [-0.15, -0.1) is 0 Å². The Kier molecular flexibility index (Phi) is 9.80. The Labute approximate surface area is 182 Å². The molecular formula is C20H36INO6. The molecule has 0 unspecified atom stereocenters. The van der Waals surface area contributed by atoms with Crippen LogP contribution in [0.25, 0.3) is 0 Å². The molecule has 8 heteroatoms. The number of carbonyl (C=O) groups excluding carboxylic acids is 1. The first-order valence-electron chi connectivity index (χ1n) is 10.0. The van der Waals surface area contributed by atoms with Crippen molar-refractivity contribution in [1.29, 1.82) is 0 Å². The van der Waals surface area contributed by atoms with Crippen molar-refractivity contribution >= 4 is 34.5 Å². The first-order valence-corrected chi connectivity index (χ1v) is 11.0. The molecule has 0 bridgehead atoms. The SMILES string of the molecule is CC[C@H]1OC(=O)[C@H](C)[C@@H](O)[C@H](C)C[C@H](O)C[C@@H](C)/C(=N\I)[C@H](C)[C@@H](O)[C@]1(C)O. The number of ether oxygens (including phenoxy) is 1. The van der Waals surface area contributed by atoms with E-state index in [-0.39, 0.29) is 11.8 Å². The standard InChI is InChI=1S/C20H36INO6/c1-7-15-20(6,27)18(25)12(4)16(22-21)10(2)8-14(23)9-11(3)17(24)13(5)19(26)28-15/h10-15,17-18,23-25,27H,7-9H2,1-6H3/b22-16+/t10-,11-,12+,13-,14-,15-,17+,18-,20-/m1/s1. The minimum absolute atomic E-state index is 0.125. The van der Waals surface area contributed by atoms with Crippen LogP contribution in [0.3, 0.4) is 0 Å². The van der Waals surface area contributed by atoms with Crippen LogP contribution in [0.4, 0.5) is 0 Å². The molecule has 1 heterocycles. The smallest absolute Gasteiger partial charge is 0.311 e. The van der Waals surface area contributed by atoms with Crippen LogP contribution in [0, 0.1) is 23.7 Å². The zero-order valence-electron chi connectivity index (χ0n) is 17.7. The van der Waals surface area contributed by atoms with E-state index in [9.17, 15) is 25.2 Å². The molecule has 28 heavy (non-hydrogen) atoms. The zero-order valence-corrected chi connectivity index (χ0v) is 19.8. The quantitative estimate of drug-likeness (QED) is 0.316. The van der Waals surface area contributed by atoms with Gasteiger partial charge in [-0.2, -0.15) is 0 Å². The maximum Gasteiger partial charge on any atom is 0.311 e. The third-order valence-electron chi connectivity index (χ3n) is 6.16. The predicted molar refractivity (Wildman–Crippen MR) is 116 cm³/mol. The van der Waals surface area contributed by atoms with Crippen molar-refractivity contribution in [2.24, 2.45) is 26.9 Å². The second kappa shape index (κ2) is 10.7. The topological polar surface area (TPSA) is 120 Å². The van der Waals surface area contributed by atoms with Gasteiger partial charge >= 0.3 is 5.97 Å². The van der Waals surface area contributed by atoms with Crippen molar-refractivity contribution < 1.29 is 30.0 Å². The fraction of sp³-hybridized carbons (Fsp3) is 0.900. The Balaban J connectivity index is 3.33. The first kappa shape index (κ1) is 25.7. The summed E-state index contributed by atoms with van der Waals surface area (Å²) in [6.45, 7) is 10.3. The number of halogens is 1. The van der Waals surface area contributed by atoms with Crippen molar-refractivity contribution in [3.05, 3.63) is 0 Å². The third-order valence-corrected chi connectivity index (χ3v) is 6.72. The van der Waals surface area contributed by atoms with Gasteiger partial charge in [0.25, 0.3) is 0 Å². The van der Waals surface area contributed by atoms with Crippen LogP contribution >= 0.6 is 22.9 Å². The van der Waals surface area contributed by atoms with Crippen molar-refractivity contribution in [2.75, 3.05) is 0 Å². The zero-order chi connectivity index (χ0) is 21.8. The molecule has 0 aromatic heterocycles. The van der Waals surface area contributed by atoms with Gasteiger partial charge < -0.3 is 25.2 Å². The second-order valence-electron chi connectivity index (χ2n) is 8.59. The van der Waals surface area contributed by atoms with Crippen molar-refractivity contribution in [2.45, 2.75) is 90.8 Å². The fourth-order valence-corrected chi connectivity index (χ4v) is 5.07. The fourth-order valence-electron chi connectivity index (χ4n) is 4.16. The van der Waals surface area contributed by atoms with E-state index in [1.54, 1.807) is 27.7 Å². The number of hydrogen-bond donors (Lipinski definition) is 4. The number of aliphatic hydroxyl groups excluding tert-OH is 3. The summed E-state index contributed by atoms with van der Waals surface area (Å²) >= 11 is 1.87. The van der Waals surface area contributed by atoms with Crippen molar-refractivity contribution in [3.63, 3.8) is 0 Å². The Bertz CT molecular complexity index is 555. The number of esters is 1. The summed E-state index contributed by atoms with van der Waals surface area (Å²) in [6.07, 6.45) is -2.76. The molecule has 9 atom stereocenters. The summed E-state index contributed by atoms with van der Waals surface area (Å²) < 4.78 is 9.81. The van der Waals surface area contributed by atoms with Crippen molar-refractivity contribution in [3.8, 4) is 0 Å². The molecule has 0 aromatic rings. The van der Waals surface area contributed by atoms with E-state index in [0.717, 1.165) is 0 Å². The van der Waals surface area contributed by atoms with Gasteiger partial charge in [-0.3, -0.25) is 4.79 Å². The molecule has 164 valence electrons. The number of rotatable bonds is 1. The third kappa shape index (κ3) is 5.87. The molecule has 0 radical (unpaired) electrons. The van der Waals surface area contributed by atoms with Crippen molar-refractivity contribution in [1.82, 2.24) is 0 Å². The Hall–Kier alpha value is -0.290. The van der Waals surface area contributed by atoms with Gasteiger partial charge in [-0.1, -0.05) is 27.7 Å². The minimum atomic E-state index is -1.70. The van der Waals surface area contributed by atoms with Gasteiger partial charge in [0.2, 0.25) is 0 Å². The summed E-state index contributed by atoms with van der Waals surface area (Å²) in [5, 5.41) is 43.0. The molecule has 0 saturated carbocycles. The maximum atomic E-state index is 12.6. The van der Waals surface area contributed by atoms with Crippen LogP contribution in [0.5, 0.6) is 0 Å². The molecule has 1 rings (SSSR count). The highest BCUT2D eigenvalue weighted by molar-refractivity contribution is 14.1. The molecule has 0 amide bonds. The second-order valence-corrected chi connectivity index (χ2v) is 9.07. The predicted octanol–water partition coefficient (Wildman–Crippen LogP) is 2.27. The molecule has 1 aliphatic heterocycles. The van der Waals surface area contributed by atoms with Crippen LogP contribution < -0.4 is 0 Å². The molecule has 1 aliphatic rings. The molecule has 1 fully saturated rings. The van der Waals surface area contributed by atoms with Gasteiger partial charge in [0.1, 0.15) is 11.7 Å². The van der Waals surface area contributed by atoms with E-state index in [4.69, 9.17) is 4.74 Å². The first-order chi connectivity index (χ1) is 12.9. The summed E-state index contributed by atoms with van der Waals surface area (Å²) in [5.74, 6) is -2.37. The Morgan fingerprint density at radius 1 is 1.14 bits per heavy atom. The van der Waals surface area contributed by atoms with E-state index < -0.39 is 47.8 Å². The summed E-state index contributed by atoms with van der Waals surface area (Å²) in [4.78, 5) is 12.6. The number of cyclic esters (lactones) is 1. The van der Waals surface area contributed by atoms with Gasteiger partial charge in [0, 0.05) is 11.6 Å². The van der Waals surface area contributed by atoms with E-state index >= 15 is 0 Å². The highest BCUT2D eigenvalue weighted by atomic mass is 127. The van der Waals surface area contributed by atoms with Crippen LogP contribution in [0.15, 0.2) is 3.21 Å². The lowest BCUT2D eigenvalue weighted by molar-refractivity contribution is -0.189. The Morgan fingerprint density at radius 2 is 1.71 bits per heavy atom. The number of aliphatic hydroxyl groups is 4. The number of carbonyl (C=O) groups is 1. The van der Waals surface area contributed by atoms with Crippen LogP contribution in [-0.2, 0) is 9.53 Å². The van der Waals surface area contributed by atoms with Crippen LogP contribution in [-0.4, -0.2) is 62.1 Å². The normalized spacial score (nSPS) is 46.1. The summed E-state index contributed by atoms with van der Waals surface area (Å²) in [7, 11) is 0. The number of hydrogen-bond acceptors (Lipinski definition) is 7. The summed E-state index contributed by atoms with van der Waals surface area (Å²) in [6, 6.07) is 0. The minimum Gasteiger partial charge on any atom is -0.459 e. The summed E-state index contributed by atoms with van der Waals surface area (Å²) in [5.41, 5.74) is -1.03. The average molecular weight is 513 g/mol. The lowest BCUT2D eigenvalue weighted by Crippen LogP contribution is -2.56. The monoisotopic (exact) mass is 513 g/mol. The van der Waals surface area contributed by atoms with Gasteiger partial charge in [0.15, 0.2) is 0 Å². The van der Waals surface area contributed by atoms with E-state index in [1.807, 2.05) is 29.8 Å².